The van der Waals surface area contributed by atoms with Crippen molar-refractivity contribution < 1.29 is 9.21 Å². The third-order valence-corrected chi connectivity index (χ3v) is 4.48. The highest BCUT2D eigenvalue weighted by Gasteiger charge is 2.26. The van der Waals surface area contributed by atoms with Crippen LogP contribution in [0.5, 0.6) is 0 Å². The zero-order valence-electron chi connectivity index (χ0n) is 13.8. The Bertz CT molecular complexity index is 838. The van der Waals surface area contributed by atoms with Crippen LogP contribution < -0.4 is 10.6 Å². The van der Waals surface area contributed by atoms with Crippen LogP contribution in [-0.2, 0) is 0 Å². The van der Waals surface area contributed by atoms with Crippen molar-refractivity contribution in [2.45, 2.75) is 18.9 Å². The van der Waals surface area contributed by atoms with E-state index in [0.717, 1.165) is 18.8 Å². The number of amides is 2. The maximum absolute atomic E-state index is 12.3. The topological polar surface area (TPSA) is 87.7 Å². The van der Waals surface area contributed by atoms with E-state index in [0.29, 0.717) is 17.9 Å². The fourth-order valence-electron chi connectivity index (χ4n) is 3.25. The lowest BCUT2D eigenvalue weighted by molar-refractivity contribution is 0.207. The molecule has 1 fully saturated rings. The normalized spacial score (nSPS) is 16.2. The van der Waals surface area contributed by atoms with Gasteiger partial charge in [-0.15, -0.1) is 10.2 Å². The van der Waals surface area contributed by atoms with Crippen molar-refractivity contribution in [3.05, 3.63) is 48.8 Å². The van der Waals surface area contributed by atoms with Crippen molar-refractivity contribution in [2.75, 3.05) is 25.0 Å². The largest absolute Gasteiger partial charge is 0.468 e. The third-order valence-electron chi connectivity index (χ3n) is 4.48. The minimum Gasteiger partial charge on any atom is -0.468 e. The van der Waals surface area contributed by atoms with Crippen molar-refractivity contribution in [1.29, 1.82) is 0 Å². The summed E-state index contributed by atoms with van der Waals surface area (Å²) in [5.41, 5.74) is 1.23. The molecule has 0 spiro atoms. The van der Waals surface area contributed by atoms with Crippen LogP contribution >= 0.6 is 0 Å². The van der Waals surface area contributed by atoms with Crippen molar-refractivity contribution in [3.63, 3.8) is 0 Å². The summed E-state index contributed by atoms with van der Waals surface area (Å²) in [5, 5.41) is 13.7. The lowest BCUT2D eigenvalue weighted by atomic mass is 10.2. The minimum absolute atomic E-state index is 0.0483. The van der Waals surface area contributed by atoms with Crippen LogP contribution in [0.3, 0.4) is 0 Å². The molecule has 0 aliphatic carbocycles. The number of carbonyl (C=O) groups is 1. The number of carbonyl (C=O) groups excluding carboxylic acids is 1. The first kappa shape index (κ1) is 15.6. The summed E-state index contributed by atoms with van der Waals surface area (Å²) < 4.78 is 7.33. The van der Waals surface area contributed by atoms with E-state index < -0.39 is 0 Å². The molecule has 0 saturated carbocycles. The fraction of sp³-hybridized carbons (Fsp3) is 0.353. The Kier molecular flexibility index (Phi) is 4.34. The van der Waals surface area contributed by atoms with Gasteiger partial charge in [-0.25, -0.2) is 4.79 Å². The average Bonchev–Trinajstić information content (AvgIpc) is 3.38. The molecule has 1 saturated heterocycles. The van der Waals surface area contributed by atoms with Crippen LogP contribution in [0.25, 0.3) is 5.65 Å². The number of hydrogen-bond donors (Lipinski definition) is 2. The molecule has 3 aromatic heterocycles. The second kappa shape index (κ2) is 6.94. The van der Waals surface area contributed by atoms with Crippen LogP contribution in [0.15, 0.2) is 47.5 Å². The molecule has 2 N–H and O–H groups in total. The fourth-order valence-corrected chi connectivity index (χ4v) is 3.25. The number of likely N-dealkylation sites (tertiary alicyclic amines) is 1. The number of rotatable bonds is 5. The van der Waals surface area contributed by atoms with E-state index >= 15 is 0 Å². The number of urea groups is 1. The van der Waals surface area contributed by atoms with Gasteiger partial charge in [0.25, 0.3) is 0 Å². The van der Waals surface area contributed by atoms with E-state index in [1.807, 2.05) is 24.4 Å². The number of aromatic nitrogens is 3. The SMILES string of the molecule is O=C(NC[C@H](c1ccco1)N1CCCC1)Nc1cccn2cnnc12. The molecule has 8 nitrogen and oxygen atoms in total. The van der Waals surface area contributed by atoms with Gasteiger partial charge in [-0.05, 0) is 50.2 Å². The van der Waals surface area contributed by atoms with Crippen molar-refractivity contribution in [2.24, 2.45) is 0 Å². The van der Waals surface area contributed by atoms with E-state index in [2.05, 4.69) is 25.7 Å². The number of anilines is 1. The molecule has 1 aliphatic rings. The zero-order chi connectivity index (χ0) is 17.1. The maximum Gasteiger partial charge on any atom is 0.319 e. The number of nitrogens with zero attached hydrogens (tertiary/aromatic N) is 4. The van der Waals surface area contributed by atoms with Crippen LogP contribution in [0.2, 0.25) is 0 Å². The Morgan fingerprint density at radius 2 is 2.16 bits per heavy atom. The highest BCUT2D eigenvalue weighted by atomic mass is 16.3. The van der Waals surface area contributed by atoms with Gasteiger partial charge in [0.15, 0.2) is 5.65 Å². The molecule has 25 heavy (non-hydrogen) atoms. The van der Waals surface area contributed by atoms with Crippen molar-refractivity contribution >= 4 is 17.4 Å². The first-order valence-corrected chi connectivity index (χ1v) is 8.42. The standard InChI is InChI=1S/C17H20N6O2/c24-17(20-13-5-3-9-23-12-19-21-16(13)23)18-11-14(15-6-4-10-25-15)22-7-1-2-8-22/h3-6,9-10,12,14H,1-2,7-8,11H2,(H2,18,20,24)/t14-/m1/s1. The molecule has 4 rings (SSSR count). The van der Waals surface area contributed by atoms with Gasteiger partial charge in [-0.3, -0.25) is 9.30 Å². The van der Waals surface area contributed by atoms with Crippen molar-refractivity contribution in [1.82, 2.24) is 24.8 Å². The van der Waals surface area contributed by atoms with Gasteiger partial charge < -0.3 is 15.1 Å². The Morgan fingerprint density at radius 1 is 1.28 bits per heavy atom. The van der Waals surface area contributed by atoms with Crippen molar-refractivity contribution in [3.8, 4) is 0 Å². The highest BCUT2D eigenvalue weighted by molar-refractivity contribution is 5.92. The molecular formula is C17H20N6O2. The van der Waals surface area contributed by atoms with Crippen LogP contribution in [0.1, 0.15) is 24.6 Å². The van der Waals surface area contributed by atoms with E-state index in [4.69, 9.17) is 4.42 Å². The van der Waals surface area contributed by atoms with Crippen LogP contribution in [0.4, 0.5) is 10.5 Å². The van der Waals surface area contributed by atoms with Crippen LogP contribution in [0, 0.1) is 0 Å². The number of pyridine rings is 1. The minimum atomic E-state index is -0.271. The number of hydrogen-bond acceptors (Lipinski definition) is 5. The van der Waals surface area contributed by atoms with E-state index in [1.165, 1.54) is 12.8 Å². The second-order valence-electron chi connectivity index (χ2n) is 6.09. The molecule has 0 bridgehead atoms. The van der Waals surface area contributed by atoms with Gasteiger partial charge in [0.1, 0.15) is 12.1 Å². The lowest BCUT2D eigenvalue weighted by Gasteiger charge is -2.26. The monoisotopic (exact) mass is 340 g/mol. The van der Waals surface area contributed by atoms with E-state index in [9.17, 15) is 4.79 Å². The summed E-state index contributed by atoms with van der Waals surface area (Å²) >= 11 is 0. The molecule has 4 heterocycles. The van der Waals surface area contributed by atoms with Gasteiger partial charge in [0.05, 0.1) is 18.0 Å². The molecule has 8 heteroatoms. The first-order chi connectivity index (χ1) is 12.3. The van der Waals surface area contributed by atoms with Gasteiger partial charge in [-0.2, -0.15) is 0 Å². The summed E-state index contributed by atoms with van der Waals surface area (Å²) in [6.07, 6.45) is 7.46. The van der Waals surface area contributed by atoms with E-state index in [1.54, 1.807) is 23.1 Å². The molecule has 1 aliphatic heterocycles. The summed E-state index contributed by atoms with van der Waals surface area (Å²) in [5.74, 6) is 0.877. The Balaban J connectivity index is 1.42. The van der Waals surface area contributed by atoms with Gasteiger partial charge in [0.2, 0.25) is 0 Å². The Morgan fingerprint density at radius 3 is 2.96 bits per heavy atom. The third kappa shape index (κ3) is 3.34. The Labute approximate surface area is 144 Å². The summed E-state index contributed by atoms with van der Waals surface area (Å²) in [6.45, 7) is 2.52. The molecule has 0 unspecified atom stereocenters. The molecular weight excluding hydrogens is 320 g/mol. The lowest BCUT2D eigenvalue weighted by Crippen LogP contribution is -2.38. The maximum atomic E-state index is 12.3. The van der Waals surface area contributed by atoms with E-state index in [-0.39, 0.29) is 12.1 Å². The smallest absolute Gasteiger partial charge is 0.319 e. The molecule has 3 aromatic rings. The van der Waals surface area contributed by atoms with Crippen LogP contribution in [-0.4, -0.2) is 45.2 Å². The predicted octanol–water partition coefficient (Wildman–Crippen LogP) is 2.28. The summed E-state index contributed by atoms with van der Waals surface area (Å²) in [4.78, 5) is 14.7. The molecule has 2 amide bonds. The van der Waals surface area contributed by atoms with Gasteiger partial charge in [0, 0.05) is 12.7 Å². The molecule has 1 atom stereocenters. The molecule has 130 valence electrons. The zero-order valence-corrected chi connectivity index (χ0v) is 13.8. The number of nitrogens with one attached hydrogen (secondary N) is 2. The predicted molar refractivity (Wildman–Crippen MR) is 92.3 cm³/mol. The highest BCUT2D eigenvalue weighted by Crippen LogP contribution is 2.25. The molecule has 0 aromatic carbocycles. The quantitative estimate of drug-likeness (QED) is 0.744. The Hall–Kier alpha value is -2.87. The first-order valence-electron chi connectivity index (χ1n) is 8.42. The second-order valence-corrected chi connectivity index (χ2v) is 6.09. The number of fused-ring (bicyclic) bond motifs is 1. The summed E-state index contributed by atoms with van der Waals surface area (Å²) in [7, 11) is 0. The van der Waals surface area contributed by atoms with Gasteiger partial charge in [-0.1, -0.05) is 0 Å². The molecule has 0 radical (unpaired) electrons. The van der Waals surface area contributed by atoms with Gasteiger partial charge >= 0.3 is 6.03 Å². The average molecular weight is 340 g/mol. The summed E-state index contributed by atoms with van der Waals surface area (Å²) in [6, 6.07) is 7.25. The number of furan rings is 1.